The third-order valence-corrected chi connectivity index (χ3v) is 4.42. The molecule has 0 amide bonds. The molecule has 0 aromatic carbocycles. The summed E-state index contributed by atoms with van der Waals surface area (Å²) in [5.41, 5.74) is 1.15. The molecule has 21 heavy (non-hydrogen) atoms. The van der Waals surface area contributed by atoms with Crippen molar-refractivity contribution in [3.8, 4) is 0 Å². The number of aryl methyl sites for hydroxylation is 1. The lowest BCUT2D eigenvalue weighted by Crippen LogP contribution is -2.67. The first-order chi connectivity index (χ1) is 10.3. The maximum Gasteiger partial charge on any atom is 0.240 e. The summed E-state index contributed by atoms with van der Waals surface area (Å²) in [6.45, 7) is 5.79. The Morgan fingerprint density at radius 1 is 1.24 bits per heavy atom. The van der Waals surface area contributed by atoms with E-state index in [1.165, 1.54) is 6.42 Å². The van der Waals surface area contributed by atoms with Gasteiger partial charge in [-0.25, -0.2) is 0 Å². The van der Waals surface area contributed by atoms with E-state index in [0.717, 1.165) is 37.8 Å². The minimum absolute atomic E-state index is 0.611. The van der Waals surface area contributed by atoms with Gasteiger partial charge in [0.2, 0.25) is 5.89 Å². The Morgan fingerprint density at radius 3 is 2.76 bits per heavy atom. The van der Waals surface area contributed by atoms with Gasteiger partial charge in [0.15, 0.2) is 5.82 Å². The Morgan fingerprint density at radius 2 is 2.10 bits per heavy atom. The van der Waals surface area contributed by atoms with Crippen molar-refractivity contribution in [2.75, 3.05) is 13.1 Å². The summed E-state index contributed by atoms with van der Waals surface area (Å²) in [6.07, 6.45) is 3.15. The Hall–Kier alpha value is -1.79. The molecule has 6 nitrogen and oxygen atoms in total. The fourth-order valence-corrected chi connectivity index (χ4v) is 3.44. The topological polar surface area (TPSA) is 58.3 Å². The van der Waals surface area contributed by atoms with Crippen molar-refractivity contribution in [2.24, 2.45) is 0 Å². The summed E-state index contributed by atoms with van der Waals surface area (Å²) < 4.78 is 5.23. The van der Waals surface area contributed by atoms with Crippen molar-refractivity contribution in [1.29, 1.82) is 0 Å². The molecule has 6 heteroatoms. The van der Waals surface area contributed by atoms with Gasteiger partial charge in [0.05, 0.1) is 12.2 Å². The zero-order valence-electron chi connectivity index (χ0n) is 12.1. The SMILES string of the molecule is Cc1noc(CN2C3CC2CN(Cc2ccccn2)C3)n1. The molecule has 5 rings (SSSR count). The molecule has 0 radical (unpaired) electrons. The van der Waals surface area contributed by atoms with E-state index in [9.17, 15) is 0 Å². The van der Waals surface area contributed by atoms with Crippen LogP contribution in [-0.2, 0) is 13.1 Å². The van der Waals surface area contributed by atoms with Crippen LogP contribution in [0.3, 0.4) is 0 Å². The van der Waals surface area contributed by atoms with E-state index < -0.39 is 0 Å². The van der Waals surface area contributed by atoms with Crippen molar-refractivity contribution in [3.63, 3.8) is 0 Å². The second-order valence-corrected chi connectivity index (χ2v) is 5.97. The number of nitrogens with zero attached hydrogens (tertiary/aromatic N) is 5. The van der Waals surface area contributed by atoms with Gasteiger partial charge in [0.1, 0.15) is 0 Å². The van der Waals surface area contributed by atoms with Crippen LogP contribution in [0.2, 0.25) is 0 Å². The lowest BCUT2D eigenvalue weighted by Gasteiger charge is -2.56. The monoisotopic (exact) mass is 285 g/mol. The van der Waals surface area contributed by atoms with E-state index in [-0.39, 0.29) is 0 Å². The molecule has 2 unspecified atom stereocenters. The first-order valence-corrected chi connectivity index (χ1v) is 7.45. The average molecular weight is 285 g/mol. The Labute approximate surface area is 123 Å². The molecule has 3 saturated heterocycles. The van der Waals surface area contributed by atoms with Gasteiger partial charge in [0.25, 0.3) is 0 Å². The van der Waals surface area contributed by atoms with Crippen molar-refractivity contribution in [1.82, 2.24) is 24.9 Å². The number of aromatic nitrogens is 3. The minimum atomic E-state index is 0.611. The van der Waals surface area contributed by atoms with Gasteiger partial charge in [0, 0.05) is 37.9 Å². The molecule has 5 heterocycles. The fraction of sp³-hybridized carbons (Fsp3) is 0.533. The van der Waals surface area contributed by atoms with E-state index in [2.05, 4.69) is 37.1 Å². The third-order valence-electron chi connectivity index (χ3n) is 4.42. The van der Waals surface area contributed by atoms with Crippen LogP contribution < -0.4 is 0 Å². The highest BCUT2D eigenvalue weighted by molar-refractivity contribution is 5.07. The Kier molecular flexibility index (Phi) is 3.20. The van der Waals surface area contributed by atoms with E-state index >= 15 is 0 Å². The standard InChI is InChI=1S/C15H19N5O/c1-11-17-15(21-18-11)10-20-13-6-14(20)9-19(8-13)7-12-4-2-3-5-16-12/h2-5,13-14H,6-10H2,1H3. The van der Waals surface area contributed by atoms with Crippen LogP contribution in [-0.4, -0.2) is 50.1 Å². The lowest BCUT2D eigenvalue weighted by molar-refractivity contribution is -0.0821. The molecule has 0 spiro atoms. The van der Waals surface area contributed by atoms with Crippen molar-refractivity contribution in [3.05, 3.63) is 41.8 Å². The fourth-order valence-electron chi connectivity index (χ4n) is 3.44. The van der Waals surface area contributed by atoms with Gasteiger partial charge in [-0.15, -0.1) is 0 Å². The molecule has 3 aliphatic rings. The van der Waals surface area contributed by atoms with Gasteiger partial charge in [-0.3, -0.25) is 14.8 Å². The van der Waals surface area contributed by atoms with Crippen LogP contribution in [0.1, 0.15) is 23.8 Å². The molecule has 110 valence electrons. The highest BCUT2D eigenvalue weighted by atomic mass is 16.5. The summed E-state index contributed by atoms with van der Waals surface area (Å²) in [5, 5.41) is 3.86. The quantitative estimate of drug-likeness (QED) is 0.842. The zero-order chi connectivity index (χ0) is 14.2. The summed E-state index contributed by atoms with van der Waals surface area (Å²) in [4.78, 5) is 13.7. The van der Waals surface area contributed by atoms with Crippen molar-refractivity contribution in [2.45, 2.75) is 38.5 Å². The number of hydrogen-bond acceptors (Lipinski definition) is 6. The van der Waals surface area contributed by atoms with Crippen LogP contribution in [0.25, 0.3) is 0 Å². The highest BCUT2D eigenvalue weighted by Crippen LogP contribution is 2.33. The van der Waals surface area contributed by atoms with Gasteiger partial charge >= 0.3 is 0 Å². The lowest BCUT2D eigenvalue weighted by atomic mass is 9.87. The molecule has 0 aliphatic carbocycles. The van der Waals surface area contributed by atoms with E-state index in [1.807, 2.05) is 19.2 Å². The van der Waals surface area contributed by atoms with Crippen LogP contribution in [0.4, 0.5) is 0 Å². The number of rotatable bonds is 4. The summed E-state index contributed by atoms with van der Waals surface area (Å²) >= 11 is 0. The second-order valence-electron chi connectivity index (χ2n) is 5.97. The Balaban J connectivity index is 1.35. The first-order valence-electron chi connectivity index (χ1n) is 7.45. The highest BCUT2D eigenvalue weighted by Gasteiger charge is 2.44. The van der Waals surface area contributed by atoms with Gasteiger partial charge in [-0.1, -0.05) is 11.2 Å². The number of piperidine rings is 1. The zero-order valence-corrected chi connectivity index (χ0v) is 12.1. The van der Waals surface area contributed by atoms with Gasteiger partial charge in [-0.05, 0) is 25.5 Å². The molecule has 3 aliphatic heterocycles. The van der Waals surface area contributed by atoms with Crippen molar-refractivity contribution >= 4 is 0 Å². The van der Waals surface area contributed by atoms with E-state index in [4.69, 9.17) is 4.52 Å². The third kappa shape index (κ3) is 2.56. The predicted octanol–water partition coefficient (Wildman–Crippen LogP) is 1.23. The summed E-state index contributed by atoms with van der Waals surface area (Å²) in [6, 6.07) is 7.33. The van der Waals surface area contributed by atoms with Crippen LogP contribution in [0.15, 0.2) is 28.9 Å². The maximum absolute atomic E-state index is 5.23. The first kappa shape index (κ1) is 12.9. The minimum Gasteiger partial charge on any atom is -0.338 e. The number of pyridine rings is 1. The number of hydrogen-bond donors (Lipinski definition) is 0. The molecule has 3 fully saturated rings. The predicted molar refractivity (Wildman–Crippen MR) is 76.3 cm³/mol. The second kappa shape index (κ2) is 5.20. The molecule has 2 bridgehead atoms. The molecule has 2 aromatic rings. The largest absolute Gasteiger partial charge is 0.338 e. The average Bonchev–Trinajstić information content (AvgIpc) is 2.91. The molecule has 0 saturated carbocycles. The van der Waals surface area contributed by atoms with E-state index in [1.54, 1.807) is 0 Å². The summed E-state index contributed by atoms with van der Waals surface area (Å²) in [7, 11) is 0. The molecule has 0 N–H and O–H groups in total. The molecule has 2 aromatic heterocycles. The normalized spacial score (nSPS) is 25.8. The molecular formula is C15H19N5O. The van der Waals surface area contributed by atoms with Gasteiger partial charge < -0.3 is 4.52 Å². The number of fused-ring (bicyclic) bond motifs is 2. The van der Waals surface area contributed by atoms with Crippen LogP contribution in [0.5, 0.6) is 0 Å². The number of piperazine rings is 1. The van der Waals surface area contributed by atoms with Gasteiger partial charge in [-0.2, -0.15) is 4.98 Å². The molecular weight excluding hydrogens is 266 g/mol. The summed E-state index contributed by atoms with van der Waals surface area (Å²) in [5.74, 6) is 1.45. The van der Waals surface area contributed by atoms with Crippen LogP contribution >= 0.6 is 0 Å². The molecule has 2 atom stereocenters. The maximum atomic E-state index is 5.23. The van der Waals surface area contributed by atoms with Crippen molar-refractivity contribution < 1.29 is 4.52 Å². The Bertz CT molecular complexity index is 602. The smallest absolute Gasteiger partial charge is 0.240 e. The van der Waals surface area contributed by atoms with Crippen LogP contribution in [0, 0.1) is 6.92 Å². The van der Waals surface area contributed by atoms with E-state index in [0.29, 0.717) is 17.9 Å².